The molecule has 2 aromatic rings. The fraction of sp³-hybridized carbons (Fsp3) is 0.294. The lowest BCUT2D eigenvalue weighted by Crippen LogP contribution is -2.16. The molecule has 3 rings (SSSR count). The molecule has 0 radical (unpaired) electrons. The van der Waals surface area contributed by atoms with E-state index >= 15 is 0 Å². The maximum Gasteiger partial charge on any atom is 0.126 e. The van der Waals surface area contributed by atoms with Crippen LogP contribution < -0.4 is 4.74 Å². The Hall–Kier alpha value is -1.12. The van der Waals surface area contributed by atoms with Gasteiger partial charge in [-0.05, 0) is 43.2 Å². The van der Waals surface area contributed by atoms with Gasteiger partial charge in [-0.3, -0.25) is 0 Å². The first-order chi connectivity index (χ1) is 9.65. The topological polar surface area (TPSA) is 9.23 Å². The Morgan fingerprint density at radius 3 is 2.75 bits per heavy atom. The van der Waals surface area contributed by atoms with Gasteiger partial charge in [0, 0.05) is 27.7 Å². The first kappa shape index (κ1) is 13.8. The summed E-state index contributed by atoms with van der Waals surface area (Å²) in [5.41, 5.74) is 3.59. The fourth-order valence-electron chi connectivity index (χ4n) is 2.56. The smallest absolute Gasteiger partial charge is 0.126 e. The minimum absolute atomic E-state index is 0.242. The quantitative estimate of drug-likeness (QED) is 0.734. The minimum Gasteiger partial charge on any atom is -0.489 e. The Balaban J connectivity index is 1.71. The second-order valence-electron chi connectivity index (χ2n) is 5.18. The van der Waals surface area contributed by atoms with E-state index in [-0.39, 0.29) is 6.10 Å². The maximum absolute atomic E-state index is 6.26. The van der Waals surface area contributed by atoms with Crippen molar-refractivity contribution in [3.8, 4) is 5.75 Å². The molecule has 0 aliphatic carbocycles. The molecule has 0 aromatic heterocycles. The molecular weight excluding hydrogens is 288 g/mol. The number of ether oxygens (including phenoxy) is 1. The first-order valence-electron chi connectivity index (χ1n) is 6.78. The van der Waals surface area contributed by atoms with E-state index in [0.29, 0.717) is 0 Å². The van der Waals surface area contributed by atoms with Gasteiger partial charge in [-0.2, -0.15) is 0 Å². The van der Waals surface area contributed by atoms with Crippen LogP contribution in [-0.4, -0.2) is 11.9 Å². The second-order valence-corrected chi connectivity index (χ2v) is 6.68. The molecule has 104 valence electrons. The van der Waals surface area contributed by atoms with Crippen molar-refractivity contribution in [2.75, 3.05) is 5.75 Å². The molecule has 0 N–H and O–H groups in total. The third-order valence-corrected chi connectivity index (χ3v) is 5.22. The largest absolute Gasteiger partial charge is 0.489 e. The number of hydrogen-bond acceptors (Lipinski definition) is 2. The number of hydrogen-bond donors (Lipinski definition) is 0. The van der Waals surface area contributed by atoms with Crippen molar-refractivity contribution in [1.29, 1.82) is 0 Å². The zero-order valence-corrected chi connectivity index (χ0v) is 13.2. The lowest BCUT2D eigenvalue weighted by molar-refractivity contribution is 0.258. The first-order valence-corrected chi connectivity index (χ1v) is 8.14. The van der Waals surface area contributed by atoms with Gasteiger partial charge in [0.05, 0.1) is 0 Å². The molecular formula is C17H17ClOS. The Morgan fingerprint density at radius 2 is 2.00 bits per heavy atom. The molecule has 1 heterocycles. The summed E-state index contributed by atoms with van der Waals surface area (Å²) in [6.45, 7) is 4.15. The molecule has 0 fully saturated rings. The van der Waals surface area contributed by atoms with E-state index in [1.807, 2.05) is 23.9 Å². The average molecular weight is 305 g/mol. The summed E-state index contributed by atoms with van der Waals surface area (Å²) >= 11 is 8.10. The van der Waals surface area contributed by atoms with Gasteiger partial charge in [-0.1, -0.05) is 29.8 Å². The van der Waals surface area contributed by atoms with Crippen molar-refractivity contribution in [2.45, 2.75) is 31.3 Å². The molecule has 1 atom stereocenters. The summed E-state index contributed by atoms with van der Waals surface area (Å²) in [5.74, 6) is 2.01. The zero-order valence-electron chi connectivity index (χ0n) is 11.7. The van der Waals surface area contributed by atoms with Gasteiger partial charge < -0.3 is 4.74 Å². The lowest BCUT2D eigenvalue weighted by atomic mass is 10.0. The van der Waals surface area contributed by atoms with Gasteiger partial charge in [0.1, 0.15) is 11.9 Å². The van der Waals surface area contributed by atoms with Crippen molar-refractivity contribution < 1.29 is 4.74 Å². The van der Waals surface area contributed by atoms with Crippen LogP contribution in [-0.2, 0) is 6.42 Å². The SMILES string of the molecule is Cc1cc(Cl)c(C)c2c1OC(CSc1ccccc1)C2. The molecule has 0 saturated carbocycles. The van der Waals surface area contributed by atoms with E-state index in [2.05, 4.69) is 38.1 Å². The molecule has 0 saturated heterocycles. The highest BCUT2D eigenvalue weighted by atomic mass is 35.5. The molecule has 1 aliphatic heterocycles. The van der Waals surface area contributed by atoms with Crippen LogP contribution in [0, 0.1) is 13.8 Å². The van der Waals surface area contributed by atoms with Gasteiger partial charge >= 0.3 is 0 Å². The normalized spacial score (nSPS) is 16.9. The molecule has 1 nitrogen and oxygen atoms in total. The highest BCUT2D eigenvalue weighted by Gasteiger charge is 2.27. The monoisotopic (exact) mass is 304 g/mol. The van der Waals surface area contributed by atoms with Gasteiger partial charge in [0.25, 0.3) is 0 Å². The molecule has 0 bridgehead atoms. The summed E-state index contributed by atoms with van der Waals surface area (Å²) in [6, 6.07) is 12.5. The van der Waals surface area contributed by atoms with Crippen LogP contribution in [0.5, 0.6) is 5.75 Å². The van der Waals surface area contributed by atoms with E-state index in [4.69, 9.17) is 16.3 Å². The van der Waals surface area contributed by atoms with Crippen molar-refractivity contribution in [1.82, 2.24) is 0 Å². The second kappa shape index (κ2) is 5.71. The summed E-state index contributed by atoms with van der Waals surface area (Å²) < 4.78 is 6.12. The predicted molar refractivity (Wildman–Crippen MR) is 86.2 cm³/mol. The van der Waals surface area contributed by atoms with Crippen LogP contribution in [0.4, 0.5) is 0 Å². The van der Waals surface area contributed by atoms with Crippen molar-refractivity contribution in [2.24, 2.45) is 0 Å². The number of rotatable bonds is 3. The van der Waals surface area contributed by atoms with Gasteiger partial charge in [0.15, 0.2) is 0 Å². The minimum atomic E-state index is 0.242. The molecule has 20 heavy (non-hydrogen) atoms. The predicted octanol–water partition coefficient (Wildman–Crippen LogP) is 5.05. The molecule has 0 amide bonds. The fourth-order valence-corrected chi connectivity index (χ4v) is 3.75. The number of aryl methyl sites for hydroxylation is 1. The highest BCUT2D eigenvalue weighted by molar-refractivity contribution is 7.99. The van der Waals surface area contributed by atoms with Crippen molar-refractivity contribution in [3.63, 3.8) is 0 Å². The standard InChI is InChI=1S/C17H17ClOS/c1-11-8-16(18)12(2)15-9-13(19-17(11)15)10-20-14-6-4-3-5-7-14/h3-8,13H,9-10H2,1-2H3. The molecule has 3 heteroatoms. The van der Waals surface area contributed by atoms with E-state index in [1.54, 1.807) is 0 Å². The van der Waals surface area contributed by atoms with E-state index in [1.165, 1.54) is 16.0 Å². The van der Waals surface area contributed by atoms with Crippen LogP contribution in [0.3, 0.4) is 0 Å². The van der Waals surface area contributed by atoms with E-state index in [0.717, 1.165) is 28.5 Å². The molecule has 1 aliphatic rings. The maximum atomic E-state index is 6.26. The van der Waals surface area contributed by atoms with Crippen LogP contribution in [0.1, 0.15) is 16.7 Å². The average Bonchev–Trinajstić information content (AvgIpc) is 2.89. The number of fused-ring (bicyclic) bond motifs is 1. The van der Waals surface area contributed by atoms with E-state index < -0.39 is 0 Å². The van der Waals surface area contributed by atoms with Crippen LogP contribution in [0.2, 0.25) is 5.02 Å². The van der Waals surface area contributed by atoms with Crippen molar-refractivity contribution >= 4 is 23.4 Å². The Labute approximate surface area is 129 Å². The molecule has 1 unspecified atom stereocenters. The van der Waals surface area contributed by atoms with Crippen molar-refractivity contribution in [3.05, 3.63) is 58.1 Å². The van der Waals surface area contributed by atoms with Crippen LogP contribution in [0.15, 0.2) is 41.3 Å². The van der Waals surface area contributed by atoms with Crippen LogP contribution in [0.25, 0.3) is 0 Å². The molecule has 2 aromatic carbocycles. The third-order valence-electron chi connectivity index (χ3n) is 3.68. The number of benzene rings is 2. The number of thioether (sulfide) groups is 1. The third kappa shape index (κ3) is 2.68. The summed E-state index contributed by atoms with van der Waals surface area (Å²) in [6.07, 6.45) is 1.20. The summed E-state index contributed by atoms with van der Waals surface area (Å²) in [7, 11) is 0. The van der Waals surface area contributed by atoms with Crippen LogP contribution >= 0.6 is 23.4 Å². The highest BCUT2D eigenvalue weighted by Crippen LogP contribution is 2.39. The summed E-state index contributed by atoms with van der Waals surface area (Å²) in [5, 5.41) is 0.848. The van der Waals surface area contributed by atoms with Gasteiger partial charge in [0.2, 0.25) is 0 Å². The Morgan fingerprint density at radius 1 is 1.25 bits per heavy atom. The Kier molecular flexibility index (Phi) is 3.95. The molecule has 0 spiro atoms. The lowest BCUT2D eigenvalue weighted by Gasteiger charge is -2.11. The number of halogens is 1. The van der Waals surface area contributed by atoms with Gasteiger partial charge in [-0.25, -0.2) is 0 Å². The van der Waals surface area contributed by atoms with Gasteiger partial charge in [-0.15, -0.1) is 11.8 Å². The zero-order chi connectivity index (χ0) is 14.1. The Bertz CT molecular complexity index is 625. The summed E-state index contributed by atoms with van der Waals surface area (Å²) in [4.78, 5) is 1.29. The van der Waals surface area contributed by atoms with E-state index in [9.17, 15) is 0 Å².